The van der Waals surface area contributed by atoms with Crippen molar-refractivity contribution in [2.45, 2.75) is 84.2 Å². The van der Waals surface area contributed by atoms with Gasteiger partial charge in [-0.2, -0.15) is 4.72 Å². The lowest BCUT2D eigenvalue weighted by Gasteiger charge is -2.29. The summed E-state index contributed by atoms with van der Waals surface area (Å²) >= 11 is 0. The SMILES string of the molecule is COC(=O)C(OP(=O)(O)[C@@H](NS(=O)(=O)Cc1ccccc1)C(C)C)c1cccc(N=C(NC(=O)OC(C)(C)C)NC(=O)OC(C)(C)C)c1. The predicted octanol–water partition coefficient (Wildman–Crippen LogP) is 5.24. The van der Waals surface area contributed by atoms with E-state index >= 15 is 0 Å². The molecular weight excluding hydrogens is 667 g/mol. The molecule has 0 aliphatic rings. The second-order valence-electron chi connectivity index (χ2n) is 12.9. The molecule has 0 saturated carbocycles. The number of carbonyl (C=O) groups excluding carboxylic acids is 3. The standard InChI is InChI=1S/C31H45N4O11PS/c1-20(2)25(35-48(41,42)19-21-14-11-10-12-15-21)47(39,40)46-24(26(36)43-9)22-16-13-17-23(18-22)32-27(33-28(37)44-30(3,4)5)34-29(38)45-31(6,7)8/h10-18,20,24-25,35H,19H2,1-9H3,(H,39,40)(H2,32,33,34,37,38)/t24?,25-/m1/s1. The van der Waals surface area contributed by atoms with E-state index in [-0.39, 0.29) is 11.3 Å². The van der Waals surface area contributed by atoms with E-state index in [1.807, 2.05) is 0 Å². The van der Waals surface area contributed by atoms with Gasteiger partial charge in [0.15, 0.2) is 6.10 Å². The number of aliphatic imine (C=N–C) groups is 1. The number of benzene rings is 2. The molecule has 0 fully saturated rings. The highest BCUT2D eigenvalue weighted by molar-refractivity contribution is 7.89. The van der Waals surface area contributed by atoms with Crippen molar-refractivity contribution in [3.63, 3.8) is 0 Å². The minimum Gasteiger partial charge on any atom is -0.467 e. The average Bonchev–Trinajstić information content (AvgIpc) is 2.92. The van der Waals surface area contributed by atoms with Gasteiger partial charge in [-0.05, 0) is 70.7 Å². The number of rotatable bonds is 11. The van der Waals surface area contributed by atoms with Crippen molar-refractivity contribution in [2.24, 2.45) is 10.9 Å². The first-order valence-electron chi connectivity index (χ1n) is 14.8. The van der Waals surface area contributed by atoms with Gasteiger partial charge in [0, 0.05) is 0 Å². The van der Waals surface area contributed by atoms with Gasteiger partial charge in [0.05, 0.1) is 18.6 Å². The first kappa shape index (κ1) is 40.4. The second kappa shape index (κ2) is 16.5. The van der Waals surface area contributed by atoms with E-state index in [0.717, 1.165) is 7.11 Å². The van der Waals surface area contributed by atoms with Crippen LogP contribution in [0.4, 0.5) is 15.3 Å². The van der Waals surface area contributed by atoms with Crippen LogP contribution in [0.2, 0.25) is 0 Å². The summed E-state index contributed by atoms with van der Waals surface area (Å²) in [6.07, 6.45) is -3.71. The number of ether oxygens (including phenoxy) is 3. The molecule has 2 unspecified atom stereocenters. The Labute approximate surface area is 281 Å². The molecule has 0 saturated heterocycles. The molecule has 0 aromatic heterocycles. The van der Waals surface area contributed by atoms with Crippen molar-refractivity contribution in [1.82, 2.24) is 15.4 Å². The molecule has 3 atom stereocenters. The van der Waals surface area contributed by atoms with Crippen LogP contribution in [0.25, 0.3) is 0 Å². The number of nitrogens with zero attached hydrogens (tertiary/aromatic N) is 1. The highest BCUT2D eigenvalue weighted by atomic mass is 32.2. The van der Waals surface area contributed by atoms with Gasteiger partial charge in [-0.1, -0.05) is 56.3 Å². The monoisotopic (exact) mass is 712 g/mol. The van der Waals surface area contributed by atoms with Crippen LogP contribution in [0.1, 0.15) is 72.6 Å². The zero-order valence-electron chi connectivity index (χ0n) is 28.5. The molecule has 2 aromatic carbocycles. The summed E-state index contributed by atoms with van der Waals surface area (Å²) in [5.41, 5.74) is -1.28. The van der Waals surface area contributed by atoms with E-state index in [4.69, 9.17) is 18.7 Å². The van der Waals surface area contributed by atoms with Crippen molar-refractivity contribution in [3.05, 3.63) is 65.7 Å². The van der Waals surface area contributed by atoms with Crippen LogP contribution in [0, 0.1) is 5.92 Å². The van der Waals surface area contributed by atoms with Gasteiger partial charge >= 0.3 is 25.8 Å². The van der Waals surface area contributed by atoms with E-state index < -0.39 is 76.5 Å². The molecule has 266 valence electrons. The van der Waals surface area contributed by atoms with Crippen LogP contribution >= 0.6 is 7.60 Å². The molecule has 0 spiro atoms. The second-order valence-corrected chi connectivity index (χ2v) is 16.6. The van der Waals surface area contributed by atoms with Crippen LogP contribution in [-0.4, -0.2) is 61.5 Å². The first-order chi connectivity index (χ1) is 22.0. The van der Waals surface area contributed by atoms with E-state index in [1.54, 1.807) is 71.9 Å². The maximum Gasteiger partial charge on any atom is 0.414 e. The summed E-state index contributed by atoms with van der Waals surface area (Å²) in [6, 6.07) is 13.8. The fourth-order valence-electron chi connectivity index (χ4n) is 3.94. The normalized spacial score (nSPS) is 14.6. The van der Waals surface area contributed by atoms with Gasteiger partial charge < -0.3 is 19.1 Å². The number of esters is 1. The summed E-state index contributed by atoms with van der Waals surface area (Å²) < 4.78 is 62.7. The van der Waals surface area contributed by atoms with Crippen molar-refractivity contribution < 1.29 is 51.0 Å². The highest BCUT2D eigenvalue weighted by Gasteiger charge is 2.42. The minimum atomic E-state index is -4.94. The Morgan fingerprint density at radius 3 is 1.92 bits per heavy atom. The van der Waals surface area contributed by atoms with E-state index in [9.17, 15) is 32.3 Å². The Bertz CT molecular complexity index is 1590. The molecule has 0 aliphatic heterocycles. The lowest BCUT2D eigenvalue weighted by molar-refractivity contribution is -0.149. The third-order valence-corrected chi connectivity index (χ3v) is 9.25. The molecule has 2 rings (SSSR count). The van der Waals surface area contributed by atoms with Gasteiger partial charge in [0.1, 0.15) is 17.0 Å². The highest BCUT2D eigenvalue weighted by Crippen LogP contribution is 2.53. The molecule has 0 aliphatic carbocycles. The molecule has 4 N–H and O–H groups in total. The Kier molecular flexibility index (Phi) is 13.9. The number of guanidine groups is 1. The maximum absolute atomic E-state index is 13.7. The Morgan fingerprint density at radius 1 is 0.896 bits per heavy atom. The maximum atomic E-state index is 13.7. The van der Waals surface area contributed by atoms with Gasteiger partial charge in [0.2, 0.25) is 16.0 Å². The third-order valence-electron chi connectivity index (χ3n) is 5.81. The first-order valence-corrected chi connectivity index (χ1v) is 18.1. The molecule has 0 bridgehead atoms. The summed E-state index contributed by atoms with van der Waals surface area (Å²) in [7, 11) is -8.04. The summed E-state index contributed by atoms with van der Waals surface area (Å²) in [5.74, 6) is -4.32. The van der Waals surface area contributed by atoms with Gasteiger partial charge in [-0.25, -0.2) is 27.8 Å². The quantitative estimate of drug-likeness (QED) is 0.0779. The van der Waals surface area contributed by atoms with Crippen molar-refractivity contribution in [1.29, 1.82) is 0 Å². The smallest absolute Gasteiger partial charge is 0.414 e. The summed E-state index contributed by atoms with van der Waals surface area (Å²) in [5, 5.41) is 4.66. The van der Waals surface area contributed by atoms with Crippen molar-refractivity contribution in [3.8, 4) is 0 Å². The molecule has 0 heterocycles. The van der Waals surface area contributed by atoms with Crippen LogP contribution < -0.4 is 15.4 Å². The van der Waals surface area contributed by atoms with Gasteiger partial charge in [-0.3, -0.25) is 19.7 Å². The lowest BCUT2D eigenvalue weighted by atomic mass is 10.1. The molecule has 48 heavy (non-hydrogen) atoms. The topological polar surface area (TPSA) is 208 Å². The zero-order valence-corrected chi connectivity index (χ0v) is 30.2. The van der Waals surface area contributed by atoms with Crippen LogP contribution in [0.5, 0.6) is 0 Å². The molecule has 2 amide bonds. The number of alkyl carbamates (subject to hydrolysis) is 2. The number of methoxy groups -OCH3 is 1. The summed E-state index contributed by atoms with van der Waals surface area (Å²) in [4.78, 5) is 53.3. The van der Waals surface area contributed by atoms with Gasteiger partial charge in [0.25, 0.3) is 0 Å². The fraction of sp³-hybridized carbons (Fsp3) is 0.484. The van der Waals surface area contributed by atoms with E-state index in [1.165, 1.54) is 38.1 Å². The lowest BCUT2D eigenvalue weighted by Crippen LogP contribution is -2.47. The van der Waals surface area contributed by atoms with Crippen molar-refractivity contribution in [2.75, 3.05) is 7.11 Å². The number of hydrogen-bond donors (Lipinski definition) is 4. The zero-order chi connectivity index (χ0) is 36.5. The molecular formula is C31H45N4O11PS. The minimum absolute atomic E-state index is 0.0130. The predicted molar refractivity (Wildman–Crippen MR) is 179 cm³/mol. The number of carbonyl (C=O) groups is 3. The van der Waals surface area contributed by atoms with Crippen LogP contribution in [-0.2, 0) is 43.9 Å². The van der Waals surface area contributed by atoms with E-state index in [2.05, 4.69) is 20.3 Å². The molecule has 15 nitrogen and oxygen atoms in total. The number of sulfonamides is 1. The number of hydrogen-bond acceptors (Lipinski definition) is 11. The van der Waals surface area contributed by atoms with Crippen LogP contribution in [0.15, 0.2) is 59.6 Å². The average molecular weight is 713 g/mol. The van der Waals surface area contributed by atoms with Crippen molar-refractivity contribution >= 4 is 47.4 Å². The number of nitrogens with one attached hydrogen (secondary N) is 3. The van der Waals surface area contributed by atoms with Crippen LogP contribution in [0.3, 0.4) is 0 Å². The van der Waals surface area contributed by atoms with Gasteiger partial charge in [-0.15, -0.1) is 0 Å². The Morgan fingerprint density at radius 2 is 1.44 bits per heavy atom. The molecule has 17 heteroatoms. The molecule has 0 radical (unpaired) electrons. The number of amides is 2. The largest absolute Gasteiger partial charge is 0.467 e. The van der Waals surface area contributed by atoms with E-state index in [0.29, 0.717) is 5.56 Å². The Hall–Kier alpha value is -3.82. The Balaban J connectivity index is 2.46. The fourth-order valence-corrected chi connectivity index (χ4v) is 7.70. The summed E-state index contributed by atoms with van der Waals surface area (Å²) in [6.45, 7) is 12.9. The molecule has 2 aromatic rings. The third kappa shape index (κ3) is 14.1.